The fourth-order valence-corrected chi connectivity index (χ4v) is 2.58. The Morgan fingerprint density at radius 1 is 1.23 bits per heavy atom. The molecule has 2 aromatic heterocycles. The van der Waals surface area contributed by atoms with Crippen LogP contribution in [-0.4, -0.2) is 44.8 Å². The molecule has 0 radical (unpaired) electrons. The van der Waals surface area contributed by atoms with E-state index in [1.165, 1.54) is 0 Å². The highest BCUT2D eigenvalue weighted by Gasteiger charge is 2.12. The molecule has 0 saturated carbocycles. The third kappa shape index (κ3) is 4.02. The molecule has 1 aromatic carbocycles. The van der Waals surface area contributed by atoms with Crippen LogP contribution < -0.4 is 10.9 Å². The molecule has 0 atom stereocenters. The number of anilines is 1. The third-order valence-corrected chi connectivity index (χ3v) is 4.02. The average molecular weight is 352 g/mol. The van der Waals surface area contributed by atoms with Gasteiger partial charge in [0.05, 0.1) is 11.0 Å². The molecule has 1 amide bonds. The monoisotopic (exact) mass is 352 g/mol. The number of amides is 1. The van der Waals surface area contributed by atoms with Crippen molar-refractivity contribution in [1.29, 1.82) is 0 Å². The molecule has 26 heavy (non-hydrogen) atoms. The molecule has 0 aliphatic carbocycles. The Hall–Kier alpha value is -3.29. The summed E-state index contributed by atoms with van der Waals surface area (Å²) in [6, 6.07) is 7.33. The lowest BCUT2D eigenvalue weighted by molar-refractivity contribution is -0.130. The largest absolute Gasteiger partial charge is 0.357 e. The quantitative estimate of drug-likeness (QED) is 0.694. The van der Waals surface area contributed by atoms with Crippen molar-refractivity contribution in [2.75, 3.05) is 19.4 Å². The van der Waals surface area contributed by atoms with Gasteiger partial charge >= 0.3 is 0 Å². The van der Waals surface area contributed by atoms with Crippen LogP contribution in [0.25, 0.3) is 11.0 Å². The van der Waals surface area contributed by atoms with Gasteiger partial charge in [-0.3, -0.25) is 9.59 Å². The predicted molar refractivity (Wildman–Crippen MR) is 98.7 cm³/mol. The average Bonchev–Trinajstić information content (AvgIpc) is 2.66. The Balaban J connectivity index is 1.62. The number of carbonyl (C=O) groups excluding carboxylic acids is 1. The van der Waals surface area contributed by atoms with Gasteiger partial charge in [0.25, 0.3) is 5.56 Å². The zero-order chi connectivity index (χ0) is 18.5. The van der Waals surface area contributed by atoms with Crippen LogP contribution in [0.15, 0.2) is 41.5 Å². The summed E-state index contributed by atoms with van der Waals surface area (Å²) in [5.41, 5.74) is 2.35. The number of rotatable bonds is 6. The minimum Gasteiger partial charge on any atom is -0.357 e. The standard InChI is InChI=1S/C18H20N6O2/c1-19-18-20-9-12(10-21-18)11-24(2)16(25)8-7-15-17(26)23-14-6-4-3-5-13(14)22-15/h3-6,9-10H,7-8,11H2,1-2H3,(H,23,26)(H,19,20,21). The first kappa shape index (κ1) is 17.5. The molecule has 3 rings (SSSR count). The van der Waals surface area contributed by atoms with Crippen LogP contribution in [0.1, 0.15) is 17.7 Å². The Kier molecular flexibility index (Phi) is 5.21. The number of para-hydroxylation sites is 2. The second-order valence-electron chi connectivity index (χ2n) is 5.94. The van der Waals surface area contributed by atoms with Crippen molar-refractivity contribution < 1.29 is 4.79 Å². The van der Waals surface area contributed by atoms with Gasteiger partial charge in [-0.2, -0.15) is 0 Å². The number of hydrogen-bond acceptors (Lipinski definition) is 6. The normalized spacial score (nSPS) is 10.7. The maximum absolute atomic E-state index is 12.4. The van der Waals surface area contributed by atoms with E-state index in [9.17, 15) is 9.59 Å². The van der Waals surface area contributed by atoms with Crippen molar-refractivity contribution in [3.63, 3.8) is 0 Å². The first-order valence-corrected chi connectivity index (χ1v) is 8.27. The van der Waals surface area contributed by atoms with E-state index in [-0.39, 0.29) is 17.9 Å². The van der Waals surface area contributed by atoms with Gasteiger partial charge in [-0.25, -0.2) is 15.0 Å². The Labute approximate surface area is 150 Å². The molecule has 8 heteroatoms. The lowest BCUT2D eigenvalue weighted by Crippen LogP contribution is -2.27. The molecule has 0 aliphatic heterocycles. The molecule has 0 fully saturated rings. The topological polar surface area (TPSA) is 104 Å². The number of aromatic nitrogens is 4. The minimum atomic E-state index is -0.254. The number of fused-ring (bicyclic) bond motifs is 1. The molecule has 2 heterocycles. The summed E-state index contributed by atoms with van der Waals surface area (Å²) in [6.07, 6.45) is 3.86. The van der Waals surface area contributed by atoms with Crippen LogP contribution >= 0.6 is 0 Å². The van der Waals surface area contributed by atoms with Crippen LogP contribution in [0.2, 0.25) is 0 Å². The molecule has 0 aliphatic rings. The number of aromatic amines is 1. The molecular formula is C18H20N6O2. The van der Waals surface area contributed by atoms with Crippen molar-refractivity contribution in [3.8, 4) is 0 Å². The van der Waals surface area contributed by atoms with Crippen LogP contribution in [0.4, 0.5) is 5.95 Å². The SMILES string of the molecule is CNc1ncc(CN(C)C(=O)CCc2nc3ccccc3[nH]c2=O)cn1. The lowest BCUT2D eigenvalue weighted by Gasteiger charge is -2.16. The van der Waals surface area contributed by atoms with E-state index in [2.05, 4.69) is 25.3 Å². The number of nitrogens with zero attached hydrogens (tertiary/aromatic N) is 4. The van der Waals surface area contributed by atoms with Crippen molar-refractivity contribution >= 4 is 22.9 Å². The highest BCUT2D eigenvalue weighted by Crippen LogP contribution is 2.08. The molecular weight excluding hydrogens is 332 g/mol. The van der Waals surface area contributed by atoms with Gasteiger partial charge in [-0.1, -0.05) is 12.1 Å². The molecule has 8 nitrogen and oxygen atoms in total. The number of aryl methyl sites for hydroxylation is 1. The fraction of sp³-hybridized carbons (Fsp3) is 0.278. The Bertz CT molecular complexity index is 967. The van der Waals surface area contributed by atoms with Crippen LogP contribution in [0, 0.1) is 0 Å². The van der Waals surface area contributed by atoms with Gasteiger partial charge in [0.15, 0.2) is 0 Å². The molecule has 3 aromatic rings. The van der Waals surface area contributed by atoms with Gasteiger partial charge in [0.2, 0.25) is 11.9 Å². The smallest absolute Gasteiger partial charge is 0.270 e. The number of hydrogen-bond donors (Lipinski definition) is 2. The van der Waals surface area contributed by atoms with E-state index in [1.54, 1.807) is 37.5 Å². The summed E-state index contributed by atoms with van der Waals surface area (Å²) in [5.74, 6) is 0.460. The van der Waals surface area contributed by atoms with Gasteiger partial charge in [0.1, 0.15) is 5.69 Å². The zero-order valence-corrected chi connectivity index (χ0v) is 14.7. The summed E-state index contributed by atoms with van der Waals surface area (Å²) < 4.78 is 0. The fourth-order valence-electron chi connectivity index (χ4n) is 2.58. The van der Waals surface area contributed by atoms with Crippen molar-refractivity contribution in [2.24, 2.45) is 0 Å². The molecule has 0 unspecified atom stereocenters. The minimum absolute atomic E-state index is 0.0722. The van der Waals surface area contributed by atoms with Crippen molar-refractivity contribution in [1.82, 2.24) is 24.8 Å². The van der Waals surface area contributed by atoms with E-state index in [0.717, 1.165) is 5.56 Å². The van der Waals surface area contributed by atoms with E-state index >= 15 is 0 Å². The Morgan fingerprint density at radius 3 is 2.69 bits per heavy atom. The maximum Gasteiger partial charge on any atom is 0.270 e. The van der Waals surface area contributed by atoms with Crippen molar-refractivity contribution in [2.45, 2.75) is 19.4 Å². The molecule has 0 spiro atoms. The van der Waals surface area contributed by atoms with Gasteiger partial charge in [0, 0.05) is 51.4 Å². The summed E-state index contributed by atoms with van der Waals surface area (Å²) in [5, 5.41) is 2.84. The number of nitrogens with one attached hydrogen (secondary N) is 2. The number of carbonyl (C=O) groups is 1. The Morgan fingerprint density at radius 2 is 1.96 bits per heavy atom. The summed E-state index contributed by atoms with van der Waals surface area (Å²) in [6.45, 7) is 0.407. The van der Waals surface area contributed by atoms with E-state index < -0.39 is 0 Å². The highest BCUT2D eigenvalue weighted by atomic mass is 16.2. The number of H-pyrrole nitrogens is 1. The van der Waals surface area contributed by atoms with Crippen LogP contribution in [-0.2, 0) is 17.8 Å². The zero-order valence-electron chi connectivity index (χ0n) is 14.7. The second-order valence-corrected chi connectivity index (χ2v) is 5.94. The van der Waals surface area contributed by atoms with E-state index in [0.29, 0.717) is 35.6 Å². The van der Waals surface area contributed by atoms with E-state index in [4.69, 9.17) is 0 Å². The first-order valence-electron chi connectivity index (χ1n) is 8.27. The van der Waals surface area contributed by atoms with Gasteiger partial charge in [-0.05, 0) is 12.1 Å². The van der Waals surface area contributed by atoms with Crippen LogP contribution in [0.3, 0.4) is 0 Å². The molecule has 0 saturated heterocycles. The number of benzene rings is 1. The predicted octanol–water partition coefficient (Wildman–Crippen LogP) is 1.35. The summed E-state index contributed by atoms with van der Waals surface area (Å²) in [7, 11) is 3.46. The second kappa shape index (κ2) is 7.73. The van der Waals surface area contributed by atoms with Gasteiger partial charge < -0.3 is 15.2 Å². The highest BCUT2D eigenvalue weighted by molar-refractivity contribution is 5.76. The molecule has 0 bridgehead atoms. The van der Waals surface area contributed by atoms with Gasteiger partial charge in [-0.15, -0.1) is 0 Å². The first-order chi connectivity index (χ1) is 12.6. The summed E-state index contributed by atoms with van der Waals surface area (Å²) in [4.78, 5) is 41.5. The summed E-state index contributed by atoms with van der Waals surface area (Å²) >= 11 is 0. The van der Waals surface area contributed by atoms with E-state index in [1.807, 2.05) is 18.2 Å². The third-order valence-electron chi connectivity index (χ3n) is 4.02. The van der Waals surface area contributed by atoms with Crippen molar-refractivity contribution in [3.05, 3.63) is 58.3 Å². The maximum atomic E-state index is 12.4. The molecule has 134 valence electrons. The molecule has 2 N–H and O–H groups in total. The van der Waals surface area contributed by atoms with Crippen LogP contribution in [0.5, 0.6) is 0 Å². The lowest BCUT2D eigenvalue weighted by atomic mass is 10.2.